The number of carboxylic acids is 2. The van der Waals surface area contributed by atoms with E-state index in [-0.39, 0.29) is 12.2 Å². The smallest absolute Gasteiger partial charge is 0.339 e. The number of hydrogen-bond donors (Lipinski definition) is 2. The standard InChI is InChI=1S/C20H24O8/c1-2-16(21)27-12-7-5-3-4-6-8-13-28-20(26)15-11-9-10-14(18(22)23)17(15)19(24)25/h2,9-11H,1,3-8,12-13H2,(H,22,23)(H,24,25). The fraction of sp³-hybridized carbons (Fsp3) is 0.400. The Bertz CT molecular complexity index is 723. The molecule has 152 valence electrons. The van der Waals surface area contributed by atoms with Gasteiger partial charge in [-0.2, -0.15) is 0 Å². The Balaban J connectivity index is 2.32. The number of unbranched alkanes of at least 4 members (excludes halogenated alkanes) is 5. The second-order valence-electron chi connectivity index (χ2n) is 5.97. The molecule has 0 heterocycles. The lowest BCUT2D eigenvalue weighted by Gasteiger charge is -2.09. The summed E-state index contributed by atoms with van der Waals surface area (Å²) in [6, 6.07) is 3.66. The van der Waals surface area contributed by atoms with Gasteiger partial charge in [-0.15, -0.1) is 0 Å². The molecule has 0 aliphatic rings. The molecule has 2 N–H and O–H groups in total. The highest BCUT2D eigenvalue weighted by Gasteiger charge is 2.24. The van der Waals surface area contributed by atoms with E-state index >= 15 is 0 Å². The van der Waals surface area contributed by atoms with E-state index in [0.29, 0.717) is 13.0 Å². The fourth-order valence-corrected chi connectivity index (χ4v) is 2.52. The third kappa shape index (κ3) is 7.61. The van der Waals surface area contributed by atoms with Gasteiger partial charge in [0.05, 0.1) is 29.9 Å². The third-order valence-corrected chi connectivity index (χ3v) is 3.91. The minimum Gasteiger partial charge on any atom is -0.478 e. The molecular weight excluding hydrogens is 368 g/mol. The van der Waals surface area contributed by atoms with Crippen LogP contribution in [0.4, 0.5) is 0 Å². The summed E-state index contributed by atoms with van der Waals surface area (Å²) in [4.78, 5) is 45.4. The molecular formula is C20H24O8. The van der Waals surface area contributed by atoms with E-state index in [2.05, 4.69) is 6.58 Å². The molecule has 0 aromatic heterocycles. The van der Waals surface area contributed by atoms with Crippen molar-refractivity contribution in [1.82, 2.24) is 0 Å². The molecule has 8 nitrogen and oxygen atoms in total. The SMILES string of the molecule is C=CC(=O)OCCCCCCCCOC(=O)c1cccc(C(=O)O)c1C(=O)O. The van der Waals surface area contributed by atoms with Crippen LogP contribution in [0.25, 0.3) is 0 Å². The van der Waals surface area contributed by atoms with E-state index in [4.69, 9.17) is 14.6 Å². The fourth-order valence-electron chi connectivity index (χ4n) is 2.52. The number of esters is 2. The quantitative estimate of drug-likeness (QED) is 0.297. The molecule has 0 saturated carbocycles. The summed E-state index contributed by atoms with van der Waals surface area (Å²) in [5.74, 6) is -4.21. The Hall–Kier alpha value is -3.16. The van der Waals surface area contributed by atoms with Crippen LogP contribution in [-0.4, -0.2) is 47.3 Å². The summed E-state index contributed by atoms with van der Waals surface area (Å²) in [7, 11) is 0. The lowest BCUT2D eigenvalue weighted by atomic mass is 10.0. The maximum absolute atomic E-state index is 12.1. The van der Waals surface area contributed by atoms with E-state index in [0.717, 1.165) is 44.2 Å². The number of rotatable bonds is 13. The molecule has 0 fully saturated rings. The topological polar surface area (TPSA) is 127 Å². The first-order valence-electron chi connectivity index (χ1n) is 8.94. The molecule has 1 rings (SSSR count). The van der Waals surface area contributed by atoms with E-state index in [1.807, 2.05) is 0 Å². The van der Waals surface area contributed by atoms with Crippen molar-refractivity contribution in [2.24, 2.45) is 0 Å². The van der Waals surface area contributed by atoms with Crippen molar-refractivity contribution < 1.29 is 38.9 Å². The van der Waals surface area contributed by atoms with Crippen LogP contribution in [0.3, 0.4) is 0 Å². The van der Waals surface area contributed by atoms with Crippen molar-refractivity contribution in [3.63, 3.8) is 0 Å². The summed E-state index contributed by atoms with van der Waals surface area (Å²) < 4.78 is 9.94. The lowest BCUT2D eigenvalue weighted by Crippen LogP contribution is -2.16. The summed E-state index contributed by atoms with van der Waals surface area (Å²) in [5.41, 5.74) is -1.31. The van der Waals surface area contributed by atoms with Crippen LogP contribution >= 0.6 is 0 Å². The zero-order chi connectivity index (χ0) is 20.9. The Morgan fingerprint density at radius 2 is 1.36 bits per heavy atom. The van der Waals surface area contributed by atoms with Gasteiger partial charge in [-0.05, 0) is 25.0 Å². The first-order valence-corrected chi connectivity index (χ1v) is 8.94. The molecule has 8 heteroatoms. The second-order valence-corrected chi connectivity index (χ2v) is 5.97. The van der Waals surface area contributed by atoms with Gasteiger partial charge in [0.1, 0.15) is 0 Å². The normalized spacial score (nSPS) is 10.1. The monoisotopic (exact) mass is 392 g/mol. The number of benzene rings is 1. The molecule has 0 bridgehead atoms. The molecule has 0 aliphatic carbocycles. The lowest BCUT2D eigenvalue weighted by molar-refractivity contribution is -0.137. The van der Waals surface area contributed by atoms with Gasteiger partial charge in [0.15, 0.2) is 0 Å². The van der Waals surface area contributed by atoms with Crippen molar-refractivity contribution in [2.75, 3.05) is 13.2 Å². The molecule has 1 aromatic carbocycles. The van der Waals surface area contributed by atoms with Crippen LogP contribution in [0.1, 0.15) is 69.6 Å². The number of carbonyl (C=O) groups excluding carboxylic acids is 2. The first-order chi connectivity index (χ1) is 13.4. The van der Waals surface area contributed by atoms with Crippen molar-refractivity contribution >= 4 is 23.9 Å². The van der Waals surface area contributed by atoms with Gasteiger partial charge in [-0.1, -0.05) is 38.3 Å². The van der Waals surface area contributed by atoms with Crippen LogP contribution in [0.2, 0.25) is 0 Å². The minimum absolute atomic E-state index is 0.117. The van der Waals surface area contributed by atoms with Crippen molar-refractivity contribution in [3.8, 4) is 0 Å². The molecule has 0 radical (unpaired) electrons. The summed E-state index contributed by atoms with van der Waals surface area (Å²) in [5, 5.41) is 18.3. The summed E-state index contributed by atoms with van der Waals surface area (Å²) >= 11 is 0. The molecule has 1 aromatic rings. The second kappa shape index (κ2) is 12.3. The number of ether oxygens (including phenoxy) is 2. The Morgan fingerprint density at radius 1 is 0.821 bits per heavy atom. The molecule has 28 heavy (non-hydrogen) atoms. The summed E-state index contributed by atoms with van der Waals surface area (Å²) in [6.07, 6.45) is 6.10. The van der Waals surface area contributed by atoms with E-state index in [1.165, 1.54) is 12.1 Å². The van der Waals surface area contributed by atoms with Crippen molar-refractivity contribution in [1.29, 1.82) is 0 Å². The molecule has 0 atom stereocenters. The number of carbonyl (C=O) groups is 4. The predicted octanol–water partition coefficient (Wildman–Crippen LogP) is 3.31. The van der Waals surface area contributed by atoms with Crippen molar-refractivity contribution in [2.45, 2.75) is 38.5 Å². The first kappa shape index (κ1) is 22.9. The maximum atomic E-state index is 12.1. The van der Waals surface area contributed by atoms with Gasteiger partial charge in [0, 0.05) is 6.08 Å². The average molecular weight is 392 g/mol. The highest BCUT2D eigenvalue weighted by atomic mass is 16.5. The van der Waals surface area contributed by atoms with Crippen LogP contribution in [0, 0.1) is 0 Å². The molecule has 0 aliphatic heterocycles. The number of hydrogen-bond acceptors (Lipinski definition) is 6. The van der Waals surface area contributed by atoms with Gasteiger partial charge in [-0.3, -0.25) is 0 Å². The van der Waals surface area contributed by atoms with E-state index < -0.39 is 35.0 Å². The molecule has 0 saturated heterocycles. The zero-order valence-electron chi connectivity index (χ0n) is 15.5. The molecule has 0 spiro atoms. The molecule has 0 amide bonds. The van der Waals surface area contributed by atoms with Gasteiger partial charge < -0.3 is 19.7 Å². The zero-order valence-corrected chi connectivity index (χ0v) is 15.5. The van der Waals surface area contributed by atoms with Crippen LogP contribution < -0.4 is 0 Å². The molecule has 0 unspecified atom stereocenters. The third-order valence-electron chi connectivity index (χ3n) is 3.91. The number of aromatic carboxylic acids is 2. The van der Waals surface area contributed by atoms with Gasteiger partial charge in [-0.25, -0.2) is 19.2 Å². The van der Waals surface area contributed by atoms with Crippen LogP contribution in [0.15, 0.2) is 30.9 Å². The predicted molar refractivity (Wildman–Crippen MR) is 99.5 cm³/mol. The van der Waals surface area contributed by atoms with Crippen molar-refractivity contribution in [3.05, 3.63) is 47.5 Å². The summed E-state index contributed by atoms with van der Waals surface area (Å²) in [6.45, 7) is 3.79. The van der Waals surface area contributed by atoms with Gasteiger partial charge in [0.2, 0.25) is 0 Å². The Morgan fingerprint density at radius 3 is 1.89 bits per heavy atom. The maximum Gasteiger partial charge on any atom is 0.339 e. The van der Waals surface area contributed by atoms with Gasteiger partial charge >= 0.3 is 23.9 Å². The van der Waals surface area contributed by atoms with Crippen LogP contribution in [-0.2, 0) is 14.3 Å². The average Bonchev–Trinajstić information content (AvgIpc) is 2.68. The number of carboxylic acid groups (broad SMARTS) is 2. The highest BCUT2D eigenvalue weighted by Crippen LogP contribution is 2.17. The largest absolute Gasteiger partial charge is 0.478 e. The van der Waals surface area contributed by atoms with Gasteiger partial charge in [0.25, 0.3) is 0 Å². The minimum atomic E-state index is -1.50. The van der Waals surface area contributed by atoms with Crippen LogP contribution in [0.5, 0.6) is 0 Å². The Kier molecular flexibility index (Phi) is 10.0. The van der Waals surface area contributed by atoms with E-state index in [1.54, 1.807) is 0 Å². The Labute approximate surface area is 162 Å². The highest BCUT2D eigenvalue weighted by molar-refractivity contribution is 6.09. The van der Waals surface area contributed by atoms with E-state index in [9.17, 15) is 24.3 Å².